The molecule has 0 radical (unpaired) electrons. The van der Waals surface area contributed by atoms with Crippen molar-refractivity contribution in [3.8, 4) is 22.8 Å². The zero-order valence-electron chi connectivity index (χ0n) is 14.9. The number of carbonyl (C=O) groups is 1. The third-order valence-electron chi connectivity index (χ3n) is 3.73. The van der Waals surface area contributed by atoms with Crippen molar-refractivity contribution in [1.82, 2.24) is 15.2 Å². The van der Waals surface area contributed by atoms with Gasteiger partial charge in [-0.3, -0.25) is 9.78 Å². The fourth-order valence-corrected chi connectivity index (χ4v) is 2.94. The normalized spacial score (nSPS) is 10.5. The average molecular weight is 399 g/mol. The maximum atomic E-state index is 12.3. The number of aromatic amines is 1. The SMILES string of the molecule is COc1ccc(-c2nnc(SCCOc3ccc(C(=O)O)cc3)[nH]c2=O)cc1. The highest BCUT2D eigenvalue weighted by Gasteiger charge is 2.08. The summed E-state index contributed by atoms with van der Waals surface area (Å²) in [4.78, 5) is 25.8. The van der Waals surface area contributed by atoms with Gasteiger partial charge in [-0.1, -0.05) is 11.8 Å². The first-order chi connectivity index (χ1) is 13.6. The van der Waals surface area contributed by atoms with Crippen LogP contribution in [0.25, 0.3) is 11.3 Å². The minimum absolute atomic E-state index is 0.200. The van der Waals surface area contributed by atoms with Crippen LogP contribution in [-0.4, -0.2) is 45.7 Å². The van der Waals surface area contributed by atoms with E-state index in [0.717, 1.165) is 0 Å². The molecule has 8 nitrogen and oxygen atoms in total. The molecule has 0 saturated carbocycles. The van der Waals surface area contributed by atoms with Gasteiger partial charge in [-0.05, 0) is 48.5 Å². The number of hydrogen-bond acceptors (Lipinski definition) is 7. The maximum Gasteiger partial charge on any atom is 0.335 e. The molecular formula is C19H17N3O5S. The second-order valence-electron chi connectivity index (χ2n) is 5.56. The van der Waals surface area contributed by atoms with Crippen LogP contribution in [0.15, 0.2) is 58.5 Å². The van der Waals surface area contributed by atoms with Gasteiger partial charge in [0.15, 0.2) is 10.9 Å². The van der Waals surface area contributed by atoms with Crippen molar-refractivity contribution in [1.29, 1.82) is 0 Å². The number of methoxy groups -OCH3 is 1. The van der Waals surface area contributed by atoms with Gasteiger partial charge < -0.3 is 14.6 Å². The summed E-state index contributed by atoms with van der Waals surface area (Å²) in [6.07, 6.45) is 0. The first-order valence-corrected chi connectivity index (χ1v) is 9.26. The minimum atomic E-state index is -0.984. The Morgan fingerprint density at radius 1 is 1.07 bits per heavy atom. The quantitative estimate of drug-likeness (QED) is 0.439. The molecule has 0 unspecified atom stereocenters. The van der Waals surface area contributed by atoms with E-state index in [1.807, 2.05) is 0 Å². The van der Waals surface area contributed by atoms with Crippen LogP contribution in [0.5, 0.6) is 11.5 Å². The Morgan fingerprint density at radius 3 is 2.36 bits per heavy atom. The van der Waals surface area contributed by atoms with E-state index in [0.29, 0.717) is 34.6 Å². The molecular weight excluding hydrogens is 382 g/mol. The van der Waals surface area contributed by atoms with Crippen LogP contribution in [0, 0.1) is 0 Å². The van der Waals surface area contributed by atoms with Gasteiger partial charge in [-0.2, -0.15) is 0 Å². The van der Waals surface area contributed by atoms with Crippen molar-refractivity contribution in [2.45, 2.75) is 5.16 Å². The number of benzene rings is 2. The number of ether oxygens (including phenoxy) is 2. The summed E-state index contributed by atoms with van der Waals surface area (Å²) in [7, 11) is 1.57. The summed E-state index contributed by atoms with van der Waals surface area (Å²) in [5.74, 6) is 0.813. The van der Waals surface area contributed by atoms with Crippen LogP contribution in [-0.2, 0) is 0 Å². The molecule has 0 bridgehead atoms. The van der Waals surface area contributed by atoms with E-state index in [1.165, 1.54) is 23.9 Å². The number of rotatable bonds is 8. The molecule has 2 N–H and O–H groups in total. The molecule has 0 fully saturated rings. The second kappa shape index (κ2) is 9.05. The van der Waals surface area contributed by atoms with Crippen molar-refractivity contribution < 1.29 is 19.4 Å². The first-order valence-electron chi connectivity index (χ1n) is 8.27. The lowest BCUT2D eigenvalue weighted by atomic mass is 10.1. The summed E-state index contributed by atoms with van der Waals surface area (Å²) in [6.45, 7) is 0.362. The number of H-pyrrole nitrogens is 1. The van der Waals surface area contributed by atoms with Crippen molar-refractivity contribution >= 4 is 17.7 Å². The molecule has 0 aliphatic heterocycles. The Bertz CT molecular complexity index is 1000. The Hall–Kier alpha value is -3.33. The van der Waals surface area contributed by atoms with E-state index >= 15 is 0 Å². The lowest BCUT2D eigenvalue weighted by Gasteiger charge is -2.06. The molecule has 3 aromatic rings. The van der Waals surface area contributed by atoms with Gasteiger partial charge in [0.2, 0.25) is 0 Å². The number of thioether (sulfide) groups is 1. The highest BCUT2D eigenvalue weighted by atomic mass is 32.2. The number of carboxylic acids is 1. The second-order valence-corrected chi connectivity index (χ2v) is 6.65. The molecule has 0 atom stereocenters. The molecule has 28 heavy (non-hydrogen) atoms. The van der Waals surface area contributed by atoms with Crippen LogP contribution in [0.3, 0.4) is 0 Å². The monoisotopic (exact) mass is 399 g/mol. The zero-order chi connectivity index (χ0) is 19.9. The predicted octanol–water partition coefficient (Wildman–Crippen LogP) is 2.71. The van der Waals surface area contributed by atoms with Crippen LogP contribution < -0.4 is 15.0 Å². The number of aromatic nitrogens is 3. The lowest BCUT2D eigenvalue weighted by molar-refractivity contribution is 0.0697. The zero-order valence-corrected chi connectivity index (χ0v) is 15.7. The van der Waals surface area contributed by atoms with Crippen LogP contribution >= 0.6 is 11.8 Å². The third-order valence-corrected chi connectivity index (χ3v) is 4.56. The van der Waals surface area contributed by atoms with Crippen molar-refractivity contribution in [2.75, 3.05) is 19.5 Å². The topological polar surface area (TPSA) is 114 Å². The van der Waals surface area contributed by atoms with Gasteiger partial charge in [0.1, 0.15) is 11.5 Å². The molecule has 0 amide bonds. The van der Waals surface area contributed by atoms with Gasteiger partial charge in [0.05, 0.1) is 19.3 Å². The van der Waals surface area contributed by atoms with E-state index in [-0.39, 0.29) is 16.8 Å². The maximum absolute atomic E-state index is 12.3. The number of nitrogens with one attached hydrogen (secondary N) is 1. The highest BCUT2D eigenvalue weighted by molar-refractivity contribution is 7.99. The van der Waals surface area contributed by atoms with Gasteiger partial charge in [0.25, 0.3) is 5.56 Å². The lowest BCUT2D eigenvalue weighted by Crippen LogP contribution is -2.14. The Morgan fingerprint density at radius 2 is 1.75 bits per heavy atom. The molecule has 9 heteroatoms. The van der Waals surface area contributed by atoms with E-state index in [9.17, 15) is 9.59 Å². The fourth-order valence-electron chi connectivity index (χ4n) is 2.32. The minimum Gasteiger partial charge on any atom is -0.497 e. The molecule has 1 heterocycles. The largest absolute Gasteiger partial charge is 0.497 e. The molecule has 0 saturated heterocycles. The average Bonchev–Trinajstić information content (AvgIpc) is 2.72. The van der Waals surface area contributed by atoms with E-state index in [1.54, 1.807) is 43.5 Å². The van der Waals surface area contributed by atoms with Crippen LogP contribution in [0.4, 0.5) is 0 Å². The summed E-state index contributed by atoms with van der Waals surface area (Å²) < 4.78 is 10.6. The van der Waals surface area contributed by atoms with Crippen LogP contribution in [0.1, 0.15) is 10.4 Å². The summed E-state index contributed by atoms with van der Waals surface area (Å²) in [6, 6.07) is 13.1. The smallest absolute Gasteiger partial charge is 0.335 e. The number of carboxylic acid groups (broad SMARTS) is 1. The van der Waals surface area contributed by atoms with Crippen molar-refractivity contribution in [3.63, 3.8) is 0 Å². The summed E-state index contributed by atoms with van der Waals surface area (Å²) >= 11 is 1.30. The Labute approximate surface area is 164 Å². The van der Waals surface area contributed by atoms with Crippen molar-refractivity contribution in [2.24, 2.45) is 0 Å². The molecule has 2 aromatic carbocycles. The predicted molar refractivity (Wildman–Crippen MR) is 104 cm³/mol. The Kier molecular flexibility index (Phi) is 6.28. The van der Waals surface area contributed by atoms with Gasteiger partial charge in [0, 0.05) is 11.3 Å². The van der Waals surface area contributed by atoms with Gasteiger partial charge in [-0.15, -0.1) is 10.2 Å². The van der Waals surface area contributed by atoms with E-state index in [4.69, 9.17) is 14.6 Å². The first kappa shape index (κ1) is 19.4. The number of aromatic carboxylic acids is 1. The molecule has 0 aliphatic rings. The third kappa shape index (κ3) is 4.89. The van der Waals surface area contributed by atoms with Crippen molar-refractivity contribution in [3.05, 3.63) is 64.4 Å². The molecule has 144 valence electrons. The van der Waals surface area contributed by atoms with E-state index < -0.39 is 5.97 Å². The standard InChI is InChI=1S/C19H17N3O5S/c1-26-14-6-2-12(3-7-14)16-17(23)20-19(22-21-16)28-11-10-27-15-8-4-13(5-9-15)18(24)25/h2-9H,10-11H2,1H3,(H,24,25)(H,20,22,23). The van der Waals surface area contributed by atoms with E-state index in [2.05, 4.69) is 15.2 Å². The van der Waals surface area contributed by atoms with Gasteiger partial charge >= 0.3 is 5.97 Å². The number of nitrogens with zero attached hydrogens (tertiary/aromatic N) is 2. The number of hydrogen-bond donors (Lipinski definition) is 2. The summed E-state index contributed by atoms with van der Waals surface area (Å²) in [5.41, 5.74) is 0.764. The molecule has 0 aliphatic carbocycles. The van der Waals surface area contributed by atoms with Gasteiger partial charge in [-0.25, -0.2) is 4.79 Å². The summed E-state index contributed by atoms with van der Waals surface area (Å²) in [5, 5.41) is 17.3. The molecule has 1 aromatic heterocycles. The van der Waals surface area contributed by atoms with Crippen LogP contribution in [0.2, 0.25) is 0 Å². The molecule has 0 spiro atoms. The molecule has 3 rings (SSSR count). The Balaban J connectivity index is 1.54. The fraction of sp³-hybridized carbons (Fsp3) is 0.158. The highest BCUT2D eigenvalue weighted by Crippen LogP contribution is 2.19.